The highest BCUT2D eigenvalue weighted by Crippen LogP contribution is 2.41. The summed E-state index contributed by atoms with van der Waals surface area (Å²) in [5.74, 6) is -2.31. The smallest absolute Gasteiger partial charge is 0.407 e. The number of benzene rings is 1. The molecule has 7 heteroatoms. The number of hydrogen-bond acceptors (Lipinski definition) is 3. The molecule has 0 aromatic heterocycles. The first-order valence-corrected chi connectivity index (χ1v) is 5.69. The van der Waals surface area contributed by atoms with Crippen molar-refractivity contribution in [1.82, 2.24) is 0 Å². The van der Waals surface area contributed by atoms with Gasteiger partial charge in [-0.05, 0) is 5.56 Å². The molecule has 0 saturated heterocycles. The number of primary amides is 1. The topological polar surface area (TPSA) is 72.6 Å². The Morgan fingerprint density at radius 1 is 1.29 bits per heavy atom. The Balaban J connectivity index is 2.96. The number of rotatable bonds is 3. The number of hydrogen-bond donors (Lipinski definition) is 2. The van der Waals surface area contributed by atoms with Gasteiger partial charge in [-0.2, -0.15) is 0 Å². The molecule has 0 fully saturated rings. The first-order chi connectivity index (χ1) is 7.74. The van der Waals surface area contributed by atoms with Crippen LogP contribution in [0.25, 0.3) is 0 Å². The molecule has 3 N–H and O–H groups in total. The second-order valence-electron chi connectivity index (χ2n) is 3.37. The summed E-state index contributed by atoms with van der Waals surface area (Å²) in [6, 6.07) is 8.63. The van der Waals surface area contributed by atoms with Crippen molar-refractivity contribution in [2.24, 2.45) is 5.73 Å². The van der Waals surface area contributed by atoms with E-state index in [2.05, 4.69) is 4.74 Å². The van der Waals surface area contributed by atoms with Gasteiger partial charge in [-0.25, -0.2) is 4.79 Å². The van der Waals surface area contributed by atoms with Crippen LogP contribution in [0.1, 0.15) is 5.56 Å². The molecule has 0 aliphatic heterocycles. The highest BCUT2D eigenvalue weighted by Gasteiger charge is 2.50. The van der Waals surface area contributed by atoms with E-state index in [1.165, 1.54) is 0 Å². The molecule has 0 aliphatic carbocycles. The van der Waals surface area contributed by atoms with Gasteiger partial charge in [-0.15, -0.1) is 0 Å². The van der Waals surface area contributed by atoms with Crippen LogP contribution in [0.15, 0.2) is 30.3 Å². The number of alkyl halides is 3. The summed E-state index contributed by atoms with van der Waals surface area (Å²) >= 11 is 16.7. The molecule has 1 atom stereocenters. The molecule has 17 heavy (non-hydrogen) atoms. The van der Waals surface area contributed by atoms with Crippen LogP contribution in [0.2, 0.25) is 0 Å². The van der Waals surface area contributed by atoms with Crippen molar-refractivity contribution in [2.45, 2.75) is 16.0 Å². The van der Waals surface area contributed by atoms with Crippen LogP contribution in [0.4, 0.5) is 4.79 Å². The number of halogens is 3. The van der Waals surface area contributed by atoms with Crippen molar-refractivity contribution < 1.29 is 14.6 Å². The molecule has 0 spiro atoms. The summed E-state index contributed by atoms with van der Waals surface area (Å²) in [7, 11) is 0. The maximum absolute atomic E-state index is 10.7. The van der Waals surface area contributed by atoms with Crippen LogP contribution in [0, 0.1) is 0 Å². The number of ether oxygens (including phenoxy) is 1. The molecule has 0 aliphatic rings. The van der Waals surface area contributed by atoms with Crippen molar-refractivity contribution in [3.05, 3.63) is 35.9 Å². The Morgan fingerprint density at radius 3 is 2.24 bits per heavy atom. The SMILES string of the molecule is NC(=O)OC(O)(Cc1ccccc1)C(Cl)(Cl)Cl. The van der Waals surface area contributed by atoms with Gasteiger partial charge >= 0.3 is 6.09 Å². The zero-order valence-electron chi connectivity index (χ0n) is 8.57. The van der Waals surface area contributed by atoms with E-state index in [0.717, 1.165) is 0 Å². The molecule has 1 rings (SSSR count). The van der Waals surface area contributed by atoms with Gasteiger partial charge in [0.2, 0.25) is 0 Å². The molecule has 94 valence electrons. The van der Waals surface area contributed by atoms with Crippen molar-refractivity contribution >= 4 is 40.9 Å². The first kappa shape index (κ1) is 14.4. The average Bonchev–Trinajstić information content (AvgIpc) is 2.15. The fraction of sp³-hybridized carbons (Fsp3) is 0.300. The third-order valence-corrected chi connectivity index (χ3v) is 2.88. The van der Waals surface area contributed by atoms with Crippen molar-refractivity contribution in [3.8, 4) is 0 Å². The van der Waals surface area contributed by atoms with E-state index in [1.54, 1.807) is 30.3 Å². The zero-order chi connectivity index (χ0) is 13.1. The molecule has 0 saturated carbocycles. The maximum Gasteiger partial charge on any atom is 0.407 e. The summed E-state index contributed by atoms with van der Waals surface area (Å²) in [5.41, 5.74) is 5.46. The summed E-state index contributed by atoms with van der Waals surface area (Å²) in [4.78, 5) is 10.7. The van der Waals surface area contributed by atoms with E-state index < -0.39 is 15.7 Å². The van der Waals surface area contributed by atoms with Gasteiger partial charge in [-0.1, -0.05) is 65.1 Å². The number of carbonyl (C=O) groups is 1. The number of nitrogens with two attached hydrogens (primary N) is 1. The predicted molar refractivity (Wildman–Crippen MR) is 66.1 cm³/mol. The molecule has 1 aromatic rings. The Morgan fingerprint density at radius 2 is 1.82 bits per heavy atom. The van der Waals surface area contributed by atoms with E-state index in [0.29, 0.717) is 5.56 Å². The molecular weight excluding hydrogens is 288 g/mol. The highest BCUT2D eigenvalue weighted by atomic mass is 35.6. The van der Waals surface area contributed by atoms with E-state index in [4.69, 9.17) is 40.5 Å². The van der Waals surface area contributed by atoms with Gasteiger partial charge in [0.1, 0.15) is 0 Å². The van der Waals surface area contributed by atoms with Crippen molar-refractivity contribution in [1.29, 1.82) is 0 Å². The van der Waals surface area contributed by atoms with Gasteiger partial charge in [0, 0.05) is 6.42 Å². The van der Waals surface area contributed by atoms with Crippen LogP contribution in [-0.4, -0.2) is 20.8 Å². The summed E-state index contributed by atoms with van der Waals surface area (Å²) in [5, 5.41) is 10.1. The highest BCUT2D eigenvalue weighted by molar-refractivity contribution is 6.68. The monoisotopic (exact) mass is 297 g/mol. The quantitative estimate of drug-likeness (QED) is 0.665. The third-order valence-electron chi connectivity index (χ3n) is 2.00. The predicted octanol–water partition coefficient (Wildman–Crippen LogP) is 2.38. The van der Waals surface area contributed by atoms with Crippen molar-refractivity contribution in [3.63, 3.8) is 0 Å². The Kier molecular flexibility index (Phi) is 4.49. The Labute approximate surface area is 113 Å². The van der Waals surface area contributed by atoms with Gasteiger partial charge in [0.05, 0.1) is 0 Å². The number of carbonyl (C=O) groups excluding carboxylic acids is 1. The maximum atomic E-state index is 10.7. The summed E-state index contributed by atoms with van der Waals surface area (Å²) < 4.78 is 2.29. The van der Waals surface area contributed by atoms with Gasteiger partial charge in [0.15, 0.2) is 0 Å². The minimum Gasteiger partial charge on any atom is -0.412 e. The van der Waals surface area contributed by atoms with Crippen LogP contribution in [-0.2, 0) is 11.2 Å². The summed E-state index contributed by atoms with van der Waals surface area (Å²) in [6.07, 6.45) is -1.41. The van der Waals surface area contributed by atoms with Gasteiger partial charge in [-0.3, -0.25) is 0 Å². The van der Waals surface area contributed by atoms with Gasteiger partial charge in [0.25, 0.3) is 9.58 Å². The number of amides is 1. The average molecular weight is 299 g/mol. The molecule has 0 radical (unpaired) electrons. The lowest BCUT2D eigenvalue weighted by Gasteiger charge is -2.33. The van der Waals surface area contributed by atoms with Crippen LogP contribution in [0.3, 0.4) is 0 Å². The molecule has 0 heterocycles. The molecule has 0 bridgehead atoms. The fourth-order valence-electron chi connectivity index (χ4n) is 1.23. The second kappa shape index (κ2) is 5.31. The minimum atomic E-state index is -2.31. The van der Waals surface area contributed by atoms with Crippen LogP contribution >= 0.6 is 34.8 Å². The molecule has 1 amide bonds. The van der Waals surface area contributed by atoms with E-state index in [9.17, 15) is 9.90 Å². The molecule has 1 unspecified atom stereocenters. The molecule has 1 aromatic carbocycles. The zero-order valence-corrected chi connectivity index (χ0v) is 10.8. The fourth-order valence-corrected chi connectivity index (χ4v) is 1.55. The lowest BCUT2D eigenvalue weighted by molar-refractivity contribution is -0.154. The minimum absolute atomic E-state index is 0.187. The Hall–Kier alpha value is -0.680. The van der Waals surface area contributed by atoms with Crippen molar-refractivity contribution in [2.75, 3.05) is 0 Å². The van der Waals surface area contributed by atoms with Gasteiger partial charge < -0.3 is 15.6 Å². The largest absolute Gasteiger partial charge is 0.412 e. The van der Waals surface area contributed by atoms with E-state index in [-0.39, 0.29) is 6.42 Å². The molecule has 4 nitrogen and oxygen atoms in total. The van der Waals surface area contributed by atoms with E-state index in [1.807, 2.05) is 0 Å². The second-order valence-corrected chi connectivity index (χ2v) is 5.65. The first-order valence-electron chi connectivity index (χ1n) is 4.56. The lowest BCUT2D eigenvalue weighted by atomic mass is 10.1. The van der Waals surface area contributed by atoms with Crippen LogP contribution < -0.4 is 5.73 Å². The lowest BCUT2D eigenvalue weighted by Crippen LogP contribution is -2.50. The number of aliphatic hydroxyl groups is 1. The molecular formula is C10H10Cl3NO3. The standard InChI is InChI=1S/C10H10Cl3NO3/c11-10(12,13)9(16,17-8(14)15)6-7-4-2-1-3-5-7/h1-5,16H,6H2,(H2,14,15). The third kappa shape index (κ3) is 3.92. The summed E-state index contributed by atoms with van der Waals surface area (Å²) in [6.45, 7) is 0. The van der Waals surface area contributed by atoms with E-state index >= 15 is 0 Å². The normalized spacial score (nSPS) is 15.1. The Bertz CT molecular complexity index is 394. The van der Waals surface area contributed by atoms with Crippen LogP contribution in [0.5, 0.6) is 0 Å².